The fourth-order valence-corrected chi connectivity index (χ4v) is 2.84. The van der Waals surface area contributed by atoms with Crippen molar-refractivity contribution in [2.45, 2.75) is 12.8 Å². The fourth-order valence-electron chi connectivity index (χ4n) is 1.49. The second kappa shape index (κ2) is 5.09. The largest absolute Gasteiger partial charge is 0.294 e. The van der Waals surface area contributed by atoms with Crippen molar-refractivity contribution in [3.05, 3.63) is 37.9 Å². The van der Waals surface area contributed by atoms with E-state index in [0.717, 1.165) is 20.6 Å². The Kier molecular flexibility index (Phi) is 3.75. The Bertz CT molecular complexity index is 504. The summed E-state index contributed by atoms with van der Waals surface area (Å²) in [4.78, 5) is 11.8. The first-order valence-corrected chi connectivity index (χ1v) is 6.87. The molecule has 0 aliphatic rings. The van der Waals surface area contributed by atoms with Gasteiger partial charge in [-0.15, -0.1) is 11.3 Å². The lowest BCUT2D eigenvalue weighted by Crippen LogP contribution is -2.03. The summed E-state index contributed by atoms with van der Waals surface area (Å²) in [6.07, 6.45) is 3.06. The molecule has 2 rings (SSSR count). The van der Waals surface area contributed by atoms with Crippen molar-refractivity contribution in [2.24, 2.45) is 7.05 Å². The minimum absolute atomic E-state index is 0.209. The monoisotopic (exact) mass is 346 g/mol. The van der Waals surface area contributed by atoms with Gasteiger partial charge in [0, 0.05) is 36.3 Å². The molecule has 2 aromatic rings. The van der Waals surface area contributed by atoms with Gasteiger partial charge >= 0.3 is 0 Å². The maximum atomic E-state index is 11.8. The molecule has 0 saturated carbocycles. The molecule has 0 spiro atoms. The minimum Gasteiger partial charge on any atom is -0.294 e. The van der Waals surface area contributed by atoms with Crippen LogP contribution in [0, 0.1) is 2.88 Å². The topological polar surface area (TPSA) is 34.9 Å². The van der Waals surface area contributed by atoms with E-state index in [1.165, 1.54) is 0 Å². The summed E-state index contributed by atoms with van der Waals surface area (Å²) in [6.45, 7) is 0. The van der Waals surface area contributed by atoms with Gasteiger partial charge in [-0.05, 0) is 41.1 Å². The van der Waals surface area contributed by atoms with E-state index >= 15 is 0 Å². The number of hydrogen-bond acceptors (Lipinski definition) is 3. The van der Waals surface area contributed by atoms with Crippen molar-refractivity contribution < 1.29 is 4.79 Å². The van der Waals surface area contributed by atoms with Crippen molar-refractivity contribution in [3.8, 4) is 0 Å². The highest BCUT2D eigenvalue weighted by Gasteiger charge is 2.09. The van der Waals surface area contributed by atoms with Gasteiger partial charge in [-0.1, -0.05) is 0 Å². The highest BCUT2D eigenvalue weighted by molar-refractivity contribution is 14.1. The first-order valence-electron chi connectivity index (χ1n) is 4.91. The van der Waals surface area contributed by atoms with Crippen LogP contribution in [-0.2, 0) is 13.5 Å². The van der Waals surface area contributed by atoms with E-state index in [1.54, 1.807) is 17.5 Å². The van der Waals surface area contributed by atoms with Gasteiger partial charge in [0.05, 0.1) is 2.88 Å². The summed E-state index contributed by atoms with van der Waals surface area (Å²) >= 11 is 3.84. The zero-order valence-electron chi connectivity index (χ0n) is 8.81. The number of rotatable bonds is 4. The molecule has 5 heteroatoms. The van der Waals surface area contributed by atoms with Crippen LogP contribution in [0.25, 0.3) is 0 Å². The number of Topliss-reactive ketones (excluding diaryl/α,β-unsaturated/α-hetero) is 1. The maximum absolute atomic E-state index is 11.8. The number of aromatic nitrogens is 2. The smallest absolute Gasteiger partial charge is 0.164 e. The van der Waals surface area contributed by atoms with Crippen LogP contribution in [0.1, 0.15) is 22.5 Å². The number of halogens is 1. The molecule has 0 unspecified atom stereocenters. The van der Waals surface area contributed by atoms with E-state index in [-0.39, 0.29) is 5.78 Å². The van der Waals surface area contributed by atoms with Crippen LogP contribution in [0.5, 0.6) is 0 Å². The predicted molar refractivity (Wildman–Crippen MR) is 72.9 cm³/mol. The predicted octanol–water partition coefficient (Wildman–Crippen LogP) is 2.90. The average molecular weight is 346 g/mol. The Morgan fingerprint density at radius 2 is 2.44 bits per heavy atom. The van der Waals surface area contributed by atoms with Crippen LogP contribution in [0.3, 0.4) is 0 Å². The van der Waals surface area contributed by atoms with Crippen LogP contribution >= 0.6 is 33.9 Å². The van der Waals surface area contributed by atoms with Crippen LogP contribution in [0.4, 0.5) is 0 Å². The molecule has 0 atom stereocenters. The van der Waals surface area contributed by atoms with Crippen LogP contribution in [0.15, 0.2) is 23.7 Å². The van der Waals surface area contributed by atoms with Crippen LogP contribution < -0.4 is 0 Å². The molecule has 0 aliphatic carbocycles. The molecule has 0 aromatic carbocycles. The summed E-state index contributed by atoms with van der Waals surface area (Å²) in [6, 6.07) is 3.89. The number of hydrogen-bond donors (Lipinski definition) is 0. The van der Waals surface area contributed by atoms with Gasteiger partial charge in [-0.2, -0.15) is 5.10 Å². The van der Waals surface area contributed by atoms with Gasteiger partial charge < -0.3 is 0 Å². The summed E-state index contributed by atoms with van der Waals surface area (Å²) in [5.41, 5.74) is 1.93. The Balaban J connectivity index is 1.96. The highest BCUT2D eigenvalue weighted by atomic mass is 127. The number of aryl methyl sites for hydroxylation is 2. The third-order valence-electron chi connectivity index (χ3n) is 2.42. The average Bonchev–Trinajstić information content (AvgIpc) is 2.84. The number of nitrogens with zero attached hydrogens (tertiary/aromatic N) is 2. The first-order chi connectivity index (χ1) is 7.66. The first kappa shape index (κ1) is 11.8. The maximum Gasteiger partial charge on any atom is 0.164 e. The molecule has 0 radical (unpaired) electrons. The summed E-state index contributed by atoms with van der Waals surface area (Å²) in [7, 11) is 1.90. The van der Waals surface area contributed by atoms with E-state index in [9.17, 15) is 4.79 Å². The molecule has 0 N–H and O–H groups in total. The molecule has 84 valence electrons. The summed E-state index contributed by atoms with van der Waals surface area (Å²) < 4.78 is 2.96. The molecule has 2 aromatic heterocycles. The SMILES string of the molecule is Cn1nccc1CCC(=O)c1csc(I)c1. The Morgan fingerprint density at radius 3 is 3.00 bits per heavy atom. The van der Waals surface area contributed by atoms with E-state index in [1.807, 2.05) is 29.2 Å². The molecule has 0 bridgehead atoms. The van der Waals surface area contributed by atoms with Gasteiger partial charge in [0.2, 0.25) is 0 Å². The second-order valence-electron chi connectivity index (χ2n) is 3.51. The molecular weight excluding hydrogens is 335 g/mol. The molecular formula is C11H11IN2OS. The third kappa shape index (κ3) is 2.70. The van der Waals surface area contributed by atoms with Crippen molar-refractivity contribution in [2.75, 3.05) is 0 Å². The summed E-state index contributed by atoms with van der Waals surface area (Å²) in [5.74, 6) is 0.209. The van der Waals surface area contributed by atoms with Gasteiger partial charge in [0.15, 0.2) is 5.78 Å². The van der Waals surface area contributed by atoms with E-state index < -0.39 is 0 Å². The van der Waals surface area contributed by atoms with Gasteiger partial charge in [0.25, 0.3) is 0 Å². The normalized spacial score (nSPS) is 10.6. The van der Waals surface area contributed by atoms with Crippen molar-refractivity contribution in [1.82, 2.24) is 9.78 Å². The fraction of sp³-hybridized carbons (Fsp3) is 0.273. The lowest BCUT2D eigenvalue weighted by Gasteiger charge is -2.00. The van der Waals surface area contributed by atoms with Crippen molar-refractivity contribution >= 4 is 39.7 Å². The van der Waals surface area contributed by atoms with Gasteiger partial charge in [-0.25, -0.2) is 0 Å². The number of carbonyl (C=O) groups excluding carboxylic acids is 1. The molecule has 0 aliphatic heterocycles. The van der Waals surface area contributed by atoms with Gasteiger partial charge in [-0.3, -0.25) is 9.48 Å². The zero-order valence-corrected chi connectivity index (χ0v) is 11.8. The molecule has 0 amide bonds. The van der Waals surface area contributed by atoms with E-state index in [2.05, 4.69) is 27.7 Å². The van der Waals surface area contributed by atoms with E-state index in [0.29, 0.717) is 6.42 Å². The molecule has 16 heavy (non-hydrogen) atoms. The van der Waals surface area contributed by atoms with Crippen LogP contribution in [-0.4, -0.2) is 15.6 Å². The second-order valence-corrected chi connectivity index (χ2v) is 6.31. The third-order valence-corrected chi connectivity index (χ3v) is 4.21. The number of carbonyl (C=O) groups is 1. The Morgan fingerprint density at radius 1 is 1.62 bits per heavy atom. The Labute approximate surface area is 112 Å². The van der Waals surface area contributed by atoms with Crippen LogP contribution in [0.2, 0.25) is 0 Å². The molecule has 2 heterocycles. The molecule has 3 nitrogen and oxygen atoms in total. The molecule has 0 saturated heterocycles. The summed E-state index contributed by atoms with van der Waals surface area (Å²) in [5, 5.41) is 6.00. The molecule has 0 fully saturated rings. The quantitative estimate of drug-likeness (QED) is 0.630. The Hall–Kier alpha value is -0.690. The van der Waals surface area contributed by atoms with E-state index in [4.69, 9.17) is 0 Å². The zero-order chi connectivity index (χ0) is 11.5. The standard InChI is InChI=1S/C11H11IN2OS/c1-14-9(4-5-13-14)2-3-10(15)8-6-11(12)16-7-8/h4-7H,2-3H2,1H3. The number of thiophene rings is 1. The van der Waals surface area contributed by atoms with Crippen molar-refractivity contribution in [3.63, 3.8) is 0 Å². The minimum atomic E-state index is 0.209. The number of ketones is 1. The highest BCUT2D eigenvalue weighted by Crippen LogP contribution is 2.18. The lowest BCUT2D eigenvalue weighted by atomic mass is 10.1. The van der Waals surface area contributed by atoms with Crippen molar-refractivity contribution in [1.29, 1.82) is 0 Å². The lowest BCUT2D eigenvalue weighted by molar-refractivity contribution is 0.0982. The van der Waals surface area contributed by atoms with Gasteiger partial charge in [0.1, 0.15) is 0 Å².